The van der Waals surface area contributed by atoms with Crippen LogP contribution in [0, 0.1) is 6.92 Å². The van der Waals surface area contributed by atoms with E-state index in [1.165, 1.54) is 0 Å². The maximum Gasteiger partial charge on any atom is 0.293 e. The molecule has 0 unspecified atom stereocenters. The lowest BCUT2D eigenvalue weighted by Gasteiger charge is -2.06. The van der Waals surface area contributed by atoms with Crippen LogP contribution in [0.2, 0.25) is 10.0 Å². The fourth-order valence-electron chi connectivity index (χ4n) is 2.87. The zero-order valence-electron chi connectivity index (χ0n) is 16.5. The minimum atomic E-state index is -0.454. The standard InChI is InChI=1S/C22H18Cl2N4O3/c1-14-4-2-3-5-15(14)11-28-13-25-22(27-28)26-21(29)20-9-7-17(31-20)12-30-19-8-6-16(23)10-18(19)24/h2-10,13H,11-12H2,1H3,(H,26,27,29). The van der Waals surface area contributed by atoms with Gasteiger partial charge in [-0.25, -0.2) is 9.67 Å². The summed E-state index contributed by atoms with van der Waals surface area (Å²) in [6.45, 7) is 2.71. The molecule has 0 radical (unpaired) electrons. The first-order valence-corrected chi connectivity index (χ1v) is 10.2. The molecule has 0 saturated carbocycles. The molecule has 31 heavy (non-hydrogen) atoms. The van der Waals surface area contributed by atoms with Gasteiger partial charge in [0.2, 0.25) is 5.95 Å². The molecular weight excluding hydrogens is 439 g/mol. The Morgan fingerprint density at radius 1 is 1.16 bits per heavy atom. The van der Waals surface area contributed by atoms with Gasteiger partial charge in [0.25, 0.3) is 5.91 Å². The number of halogens is 2. The van der Waals surface area contributed by atoms with Gasteiger partial charge in [0.15, 0.2) is 5.76 Å². The molecule has 0 spiro atoms. The van der Waals surface area contributed by atoms with Crippen LogP contribution in [0.4, 0.5) is 5.95 Å². The highest BCUT2D eigenvalue weighted by Gasteiger charge is 2.14. The van der Waals surface area contributed by atoms with E-state index in [9.17, 15) is 4.79 Å². The van der Waals surface area contributed by atoms with Gasteiger partial charge in [-0.1, -0.05) is 47.5 Å². The minimum Gasteiger partial charge on any atom is -0.484 e. The number of ether oxygens (including phenoxy) is 1. The number of aryl methyl sites for hydroxylation is 1. The second-order valence-electron chi connectivity index (χ2n) is 6.78. The van der Waals surface area contributed by atoms with Gasteiger partial charge in [-0.2, -0.15) is 0 Å². The van der Waals surface area contributed by atoms with Gasteiger partial charge in [-0.05, 0) is 48.4 Å². The van der Waals surface area contributed by atoms with Crippen molar-refractivity contribution in [3.8, 4) is 5.75 Å². The third-order valence-electron chi connectivity index (χ3n) is 4.50. The highest BCUT2D eigenvalue weighted by Crippen LogP contribution is 2.28. The predicted molar refractivity (Wildman–Crippen MR) is 118 cm³/mol. The Morgan fingerprint density at radius 2 is 2.00 bits per heavy atom. The zero-order chi connectivity index (χ0) is 21.8. The summed E-state index contributed by atoms with van der Waals surface area (Å²) >= 11 is 12.0. The van der Waals surface area contributed by atoms with Gasteiger partial charge < -0.3 is 9.15 Å². The van der Waals surface area contributed by atoms with E-state index in [4.69, 9.17) is 32.4 Å². The van der Waals surface area contributed by atoms with Crippen LogP contribution in [-0.2, 0) is 13.2 Å². The van der Waals surface area contributed by atoms with E-state index in [1.807, 2.05) is 31.2 Å². The van der Waals surface area contributed by atoms with Crippen molar-refractivity contribution in [2.75, 3.05) is 5.32 Å². The maximum absolute atomic E-state index is 12.4. The summed E-state index contributed by atoms with van der Waals surface area (Å²) in [4.78, 5) is 16.6. The molecule has 0 fully saturated rings. The van der Waals surface area contributed by atoms with E-state index < -0.39 is 5.91 Å². The second-order valence-corrected chi connectivity index (χ2v) is 7.62. The summed E-state index contributed by atoms with van der Waals surface area (Å²) in [6, 6.07) is 16.2. The van der Waals surface area contributed by atoms with Crippen molar-refractivity contribution in [1.82, 2.24) is 14.8 Å². The fourth-order valence-corrected chi connectivity index (χ4v) is 3.33. The summed E-state index contributed by atoms with van der Waals surface area (Å²) in [6.07, 6.45) is 1.57. The molecule has 0 aliphatic rings. The van der Waals surface area contributed by atoms with Gasteiger partial charge >= 0.3 is 0 Å². The Balaban J connectivity index is 1.35. The number of furan rings is 1. The minimum absolute atomic E-state index is 0.109. The number of carbonyl (C=O) groups excluding carboxylic acids is 1. The Kier molecular flexibility index (Phi) is 6.25. The Hall–Kier alpha value is -3.29. The first-order valence-electron chi connectivity index (χ1n) is 9.40. The van der Waals surface area contributed by atoms with E-state index in [0.717, 1.165) is 11.1 Å². The van der Waals surface area contributed by atoms with Crippen LogP contribution in [0.5, 0.6) is 5.75 Å². The van der Waals surface area contributed by atoms with Gasteiger partial charge in [0, 0.05) is 5.02 Å². The van der Waals surface area contributed by atoms with Crippen molar-refractivity contribution in [3.63, 3.8) is 0 Å². The summed E-state index contributed by atoms with van der Waals surface area (Å²) in [5, 5.41) is 7.83. The molecule has 158 valence electrons. The molecule has 2 aromatic carbocycles. The Morgan fingerprint density at radius 3 is 2.81 bits per heavy atom. The molecule has 2 aromatic heterocycles. The average molecular weight is 457 g/mol. The lowest BCUT2D eigenvalue weighted by atomic mass is 10.1. The quantitative estimate of drug-likeness (QED) is 0.404. The Labute approximate surface area is 188 Å². The molecule has 4 aromatic rings. The molecule has 0 atom stereocenters. The highest BCUT2D eigenvalue weighted by molar-refractivity contribution is 6.35. The first-order chi connectivity index (χ1) is 15.0. The molecule has 7 nitrogen and oxygen atoms in total. The number of nitrogens with one attached hydrogen (secondary N) is 1. The Bertz CT molecular complexity index is 1220. The number of benzene rings is 2. The zero-order valence-corrected chi connectivity index (χ0v) is 18.0. The third-order valence-corrected chi connectivity index (χ3v) is 5.04. The van der Waals surface area contributed by atoms with Gasteiger partial charge in [0.05, 0.1) is 11.6 Å². The van der Waals surface area contributed by atoms with Crippen molar-refractivity contribution < 1.29 is 13.9 Å². The summed E-state index contributed by atoms with van der Waals surface area (Å²) in [7, 11) is 0. The number of nitrogens with zero attached hydrogens (tertiary/aromatic N) is 3. The number of rotatable bonds is 7. The van der Waals surface area contributed by atoms with Crippen molar-refractivity contribution in [1.29, 1.82) is 0 Å². The first kappa shape index (κ1) is 21.0. The molecule has 9 heteroatoms. The SMILES string of the molecule is Cc1ccccc1Cn1cnc(NC(=O)c2ccc(COc3ccc(Cl)cc3Cl)o2)n1. The number of amides is 1. The monoisotopic (exact) mass is 456 g/mol. The second kappa shape index (κ2) is 9.24. The van der Waals surface area contributed by atoms with Gasteiger partial charge in [-0.15, -0.1) is 5.10 Å². The predicted octanol–water partition coefficient (Wildman–Crippen LogP) is 5.37. The van der Waals surface area contributed by atoms with Crippen molar-refractivity contribution in [3.05, 3.63) is 93.6 Å². The lowest BCUT2D eigenvalue weighted by molar-refractivity contribution is 0.0991. The number of hydrogen-bond acceptors (Lipinski definition) is 5. The van der Waals surface area contributed by atoms with Gasteiger partial charge in [-0.3, -0.25) is 10.1 Å². The molecule has 1 N–H and O–H groups in total. The van der Waals surface area contributed by atoms with E-state index in [-0.39, 0.29) is 18.3 Å². The van der Waals surface area contributed by atoms with Crippen LogP contribution in [0.1, 0.15) is 27.4 Å². The molecule has 0 aliphatic carbocycles. The number of anilines is 1. The molecule has 4 rings (SSSR count). The number of aromatic nitrogens is 3. The molecule has 1 amide bonds. The average Bonchev–Trinajstić information content (AvgIpc) is 3.39. The maximum atomic E-state index is 12.4. The van der Waals surface area contributed by atoms with Crippen molar-refractivity contribution >= 4 is 35.1 Å². The van der Waals surface area contributed by atoms with E-state index >= 15 is 0 Å². The molecule has 0 aliphatic heterocycles. The highest BCUT2D eigenvalue weighted by atomic mass is 35.5. The summed E-state index contributed by atoms with van der Waals surface area (Å²) in [5.41, 5.74) is 2.29. The van der Waals surface area contributed by atoms with Crippen LogP contribution < -0.4 is 10.1 Å². The van der Waals surface area contributed by atoms with E-state index in [2.05, 4.69) is 15.4 Å². The van der Waals surface area contributed by atoms with Crippen LogP contribution in [-0.4, -0.2) is 20.7 Å². The molecule has 2 heterocycles. The third kappa shape index (κ3) is 5.25. The molecule has 0 saturated heterocycles. The molecular formula is C22H18Cl2N4O3. The largest absolute Gasteiger partial charge is 0.484 e. The van der Waals surface area contributed by atoms with Crippen LogP contribution in [0.25, 0.3) is 0 Å². The van der Waals surface area contributed by atoms with Crippen LogP contribution in [0.3, 0.4) is 0 Å². The number of hydrogen-bond donors (Lipinski definition) is 1. The number of carbonyl (C=O) groups is 1. The molecule has 0 bridgehead atoms. The smallest absolute Gasteiger partial charge is 0.293 e. The van der Waals surface area contributed by atoms with Gasteiger partial charge in [0.1, 0.15) is 24.4 Å². The van der Waals surface area contributed by atoms with Crippen LogP contribution >= 0.6 is 23.2 Å². The lowest BCUT2D eigenvalue weighted by Crippen LogP contribution is -2.12. The summed E-state index contributed by atoms with van der Waals surface area (Å²) < 4.78 is 12.8. The van der Waals surface area contributed by atoms with E-state index in [0.29, 0.717) is 28.1 Å². The fraction of sp³-hybridized carbons (Fsp3) is 0.136. The van der Waals surface area contributed by atoms with Crippen LogP contribution in [0.15, 0.2) is 65.3 Å². The van der Waals surface area contributed by atoms with E-state index in [1.54, 1.807) is 41.3 Å². The van der Waals surface area contributed by atoms with Crippen molar-refractivity contribution in [2.45, 2.75) is 20.1 Å². The van der Waals surface area contributed by atoms with Crippen molar-refractivity contribution in [2.24, 2.45) is 0 Å². The summed E-state index contributed by atoms with van der Waals surface area (Å²) in [5.74, 6) is 0.798. The topological polar surface area (TPSA) is 82.2 Å². The normalized spacial score (nSPS) is 10.8.